The van der Waals surface area contributed by atoms with Crippen molar-refractivity contribution in [1.29, 1.82) is 0 Å². The molecule has 0 spiro atoms. The van der Waals surface area contributed by atoms with Crippen LogP contribution < -0.4 is 16.0 Å². The third-order valence-corrected chi connectivity index (χ3v) is 8.38. The van der Waals surface area contributed by atoms with Crippen LogP contribution in [0, 0.1) is 28.6 Å². The van der Waals surface area contributed by atoms with E-state index in [9.17, 15) is 24.0 Å². The molecule has 204 valence electrons. The number of likely N-dealkylation sites (tertiary alicyclic amines) is 1. The average molecular weight is 507 g/mol. The van der Waals surface area contributed by atoms with Crippen LogP contribution in [0.2, 0.25) is 0 Å². The van der Waals surface area contributed by atoms with Gasteiger partial charge in [-0.15, -0.1) is 0 Å². The van der Waals surface area contributed by atoms with E-state index in [1.54, 1.807) is 4.90 Å². The second-order valence-electron chi connectivity index (χ2n) is 12.8. The van der Waals surface area contributed by atoms with Gasteiger partial charge >= 0.3 is 0 Å². The Labute approximate surface area is 217 Å². The normalized spacial score (nSPS) is 27.8. The van der Waals surface area contributed by atoms with Crippen molar-refractivity contribution in [3.05, 3.63) is 12.7 Å². The number of hydrogen-bond donors (Lipinski definition) is 3. The summed E-state index contributed by atoms with van der Waals surface area (Å²) in [5.41, 5.74) is -0.704. The number of ketones is 1. The number of fused-ring (bicyclic) bond motifs is 1. The fraction of sp³-hybridized carbons (Fsp3) is 0.741. The highest BCUT2D eigenvalue weighted by molar-refractivity contribution is 6.38. The summed E-state index contributed by atoms with van der Waals surface area (Å²) in [5.74, 6) is -2.01. The number of carbonyl (C=O) groups excluding carboxylic acids is 5. The summed E-state index contributed by atoms with van der Waals surface area (Å²) in [4.78, 5) is 66.6. The van der Waals surface area contributed by atoms with Gasteiger partial charge in [0.15, 0.2) is 0 Å². The maximum Gasteiger partial charge on any atom is 0.289 e. The fourth-order valence-electron chi connectivity index (χ4n) is 5.65. The average Bonchev–Trinajstić information content (AvgIpc) is 3.75. The zero-order valence-electron chi connectivity index (χ0n) is 22.1. The minimum Gasteiger partial charge on any atom is -0.347 e. The molecule has 4 amide bonds. The molecule has 36 heavy (non-hydrogen) atoms. The number of Topliss-reactive ketones (excluding diaryl/α,β-unsaturated/α-hetero) is 1. The van der Waals surface area contributed by atoms with Crippen molar-refractivity contribution in [3.63, 3.8) is 0 Å². The molecule has 0 aromatic rings. The molecule has 1 aliphatic heterocycles. The van der Waals surface area contributed by atoms with Crippen molar-refractivity contribution in [2.75, 3.05) is 6.54 Å². The summed E-state index contributed by atoms with van der Waals surface area (Å²) in [7, 11) is 0. The second-order valence-corrected chi connectivity index (χ2v) is 12.8. The number of nitrogens with zero attached hydrogens (tertiary/aromatic N) is 1. The van der Waals surface area contributed by atoms with Gasteiger partial charge in [0, 0.05) is 16.9 Å². The van der Waals surface area contributed by atoms with Gasteiger partial charge in [-0.3, -0.25) is 24.0 Å². The lowest BCUT2D eigenvalue weighted by Crippen LogP contribution is -2.60. The van der Waals surface area contributed by atoms with Crippen molar-refractivity contribution in [2.45, 2.75) is 90.9 Å². The highest BCUT2D eigenvalue weighted by Gasteiger charge is 2.70. The van der Waals surface area contributed by atoms with Gasteiger partial charge in [0.25, 0.3) is 5.91 Å². The maximum absolute atomic E-state index is 13.7. The second kappa shape index (κ2) is 9.30. The maximum atomic E-state index is 13.7. The van der Waals surface area contributed by atoms with Crippen molar-refractivity contribution < 1.29 is 28.3 Å². The molecule has 5 atom stereocenters. The Morgan fingerprint density at radius 3 is 2.25 bits per heavy atom. The van der Waals surface area contributed by atoms with Crippen LogP contribution in [0.3, 0.4) is 0 Å². The van der Waals surface area contributed by atoms with Crippen molar-refractivity contribution in [1.82, 2.24) is 20.9 Å². The largest absolute Gasteiger partial charge is 0.347 e. The van der Waals surface area contributed by atoms with Gasteiger partial charge in [0.1, 0.15) is 12.1 Å². The summed E-state index contributed by atoms with van der Waals surface area (Å²) in [6.45, 7) is 13.6. The summed E-state index contributed by atoms with van der Waals surface area (Å²) in [6.07, 6.45) is 5.25. The first kappa shape index (κ1) is 26.4. The van der Waals surface area contributed by atoms with Gasteiger partial charge in [-0.1, -0.05) is 54.0 Å². The first-order valence-electron chi connectivity index (χ1n) is 13.1. The molecule has 0 aromatic carbocycles. The number of amides is 4. The molecule has 4 fully saturated rings. The number of carbonyl (C=O) groups is 5. The number of nitrogens with one attached hydrogen (secondary N) is 3. The van der Waals surface area contributed by atoms with E-state index in [4.69, 9.17) is 0 Å². The van der Waals surface area contributed by atoms with Gasteiger partial charge in [0.2, 0.25) is 23.5 Å². The van der Waals surface area contributed by atoms with E-state index < -0.39 is 47.0 Å². The summed E-state index contributed by atoms with van der Waals surface area (Å²) < 4.78 is 0. The Morgan fingerprint density at radius 1 is 1.08 bits per heavy atom. The summed E-state index contributed by atoms with van der Waals surface area (Å²) in [5, 5.41) is 8.34. The van der Waals surface area contributed by atoms with Crippen LogP contribution >= 0.6 is 0 Å². The number of hydrogen-bond acceptors (Lipinski definition) is 5. The van der Waals surface area contributed by atoms with Gasteiger partial charge < -0.3 is 20.9 Å². The Balaban J connectivity index is 0.00000253. The molecular formula is C27H46N4O5. The lowest BCUT2D eigenvalue weighted by molar-refractivity contribution is -0.146. The SMILES string of the molecule is C=CC(=O)N[C@H](C(=O)N1C[C@H]2[C@@H]([C@H]1C(=O)NC(CC1CC1)C(=O)C(=O)NC1CC1)C2(C)C)C(C)(C)C.[HH].[HH].[HH]. The predicted octanol–water partition coefficient (Wildman–Crippen LogP) is 2.06. The molecule has 1 unspecified atom stereocenters. The lowest BCUT2D eigenvalue weighted by Gasteiger charge is -2.37. The Bertz CT molecular complexity index is 990. The van der Waals surface area contributed by atoms with Crippen molar-refractivity contribution in [2.24, 2.45) is 28.6 Å². The van der Waals surface area contributed by atoms with Crippen LogP contribution in [0.4, 0.5) is 0 Å². The van der Waals surface area contributed by atoms with E-state index >= 15 is 0 Å². The molecule has 1 saturated heterocycles. The smallest absolute Gasteiger partial charge is 0.289 e. The van der Waals surface area contributed by atoms with Gasteiger partial charge in [-0.2, -0.15) is 0 Å². The van der Waals surface area contributed by atoms with E-state index in [2.05, 4.69) is 36.4 Å². The van der Waals surface area contributed by atoms with E-state index in [1.165, 1.54) is 0 Å². The zero-order chi connectivity index (χ0) is 26.6. The van der Waals surface area contributed by atoms with Crippen LogP contribution in [0.25, 0.3) is 0 Å². The topological polar surface area (TPSA) is 125 Å². The van der Waals surface area contributed by atoms with Gasteiger partial charge in [-0.25, -0.2) is 0 Å². The first-order valence-corrected chi connectivity index (χ1v) is 13.1. The molecule has 3 aliphatic carbocycles. The quantitative estimate of drug-likeness (QED) is 0.309. The zero-order valence-corrected chi connectivity index (χ0v) is 22.1. The summed E-state index contributed by atoms with van der Waals surface area (Å²) >= 11 is 0. The molecule has 0 aromatic heterocycles. The van der Waals surface area contributed by atoms with Gasteiger partial charge in [0.05, 0.1) is 6.04 Å². The standard InChI is InChI=1S/C27H40N4O5.3H2/c1-7-18(32)30-22(26(2,3)4)25(36)31-13-16-19(27(16,5)6)20(31)23(34)29-17(12-14-8-9-14)21(33)24(35)28-15-10-11-15;;;/h7,14-17,19-20,22H,1,8-13H2,2-6H3,(H,28,35)(H,29,34)(H,30,32);3*1H/t16-,17?,19-,20-,22+;;;/m0.../s1. The Morgan fingerprint density at radius 2 is 1.72 bits per heavy atom. The first-order chi connectivity index (χ1) is 16.8. The van der Waals surface area contributed by atoms with E-state index in [0.29, 0.717) is 18.9 Å². The Kier molecular flexibility index (Phi) is 6.81. The highest BCUT2D eigenvalue weighted by Crippen LogP contribution is 2.65. The minimum atomic E-state index is -0.902. The number of piperidine rings is 1. The molecule has 1 heterocycles. The van der Waals surface area contributed by atoms with Crippen LogP contribution in [-0.4, -0.2) is 65.0 Å². The van der Waals surface area contributed by atoms with E-state index in [1.807, 2.05) is 20.8 Å². The third-order valence-electron chi connectivity index (χ3n) is 8.38. The monoisotopic (exact) mass is 506 g/mol. The predicted molar refractivity (Wildman–Crippen MR) is 140 cm³/mol. The molecule has 4 aliphatic rings. The molecule has 0 bridgehead atoms. The molecule has 9 nitrogen and oxygen atoms in total. The molecule has 4 rings (SSSR count). The minimum absolute atomic E-state index is 0. The molecule has 0 radical (unpaired) electrons. The lowest BCUT2D eigenvalue weighted by atomic mass is 9.85. The van der Waals surface area contributed by atoms with Crippen LogP contribution in [0.15, 0.2) is 12.7 Å². The highest BCUT2D eigenvalue weighted by atomic mass is 16.2. The molecular weight excluding hydrogens is 460 g/mol. The summed E-state index contributed by atoms with van der Waals surface area (Å²) in [6, 6.07) is -2.45. The van der Waals surface area contributed by atoms with Gasteiger partial charge in [-0.05, 0) is 53.9 Å². The molecule has 9 heteroatoms. The van der Waals surface area contributed by atoms with Crippen LogP contribution in [0.1, 0.15) is 71.0 Å². The number of rotatable bonds is 10. The van der Waals surface area contributed by atoms with E-state index in [0.717, 1.165) is 31.8 Å². The van der Waals surface area contributed by atoms with Crippen molar-refractivity contribution in [3.8, 4) is 0 Å². The fourth-order valence-corrected chi connectivity index (χ4v) is 5.65. The van der Waals surface area contributed by atoms with Crippen LogP contribution in [0.5, 0.6) is 0 Å². The van der Waals surface area contributed by atoms with E-state index in [-0.39, 0.29) is 33.5 Å². The van der Waals surface area contributed by atoms with Crippen molar-refractivity contribution >= 4 is 29.4 Å². The molecule has 3 saturated carbocycles. The Hall–Kier alpha value is -2.71. The van der Waals surface area contributed by atoms with Crippen LogP contribution in [-0.2, 0) is 24.0 Å². The third kappa shape index (κ3) is 5.34. The molecule has 3 N–H and O–H groups in total.